The topological polar surface area (TPSA) is 44.7 Å². The van der Waals surface area contributed by atoms with E-state index < -0.39 is 0 Å². The standard InChI is InChI=1S/C20H25FN2O2/c1-25-19-10-4-7-15(20(19)24)12-22-17-8-5-11-23(14-17)13-16-6-2-3-9-18(16)21/h2-4,6-7,9-10,17,22,24H,5,8,11-14H2,1H3/t17-/m0/s1. The maximum absolute atomic E-state index is 13.8. The third kappa shape index (κ3) is 4.50. The lowest BCUT2D eigenvalue weighted by Crippen LogP contribution is -2.45. The highest BCUT2D eigenvalue weighted by molar-refractivity contribution is 5.45. The summed E-state index contributed by atoms with van der Waals surface area (Å²) in [4.78, 5) is 2.28. The molecule has 1 fully saturated rings. The number of nitrogens with one attached hydrogen (secondary N) is 1. The van der Waals surface area contributed by atoms with Crippen LogP contribution in [0.4, 0.5) is 4.39 Å². The van der Waals surface area contributed by atoms with Crippen LogP contribution in [0.2, 0.25) is 0 Å². The lowest BCUT2D eigenvalue weighted by Gasteiger charge is -2.33. The van der Waals surface area contributed by atoms with Crippen molar-refractivity contribution in [3.8, 4) is 11.5 Å². The molecule has 25 heavy (non-hydrogen) atoms. The average molecular weight is 344 g/mol. The molecule has 3 rings (SSSR count). The minimum atomic E-state index is -0.140. The number of para-hydroxylation sites is 1. The highest BCUT2D eigenvalue weighted by atomic mass is 19.1. The molecule has 1 atom stereocenters. The van der Waals surface area contributed by atoms with Gasteiger partial charge in [0.2, 0.25) is 0 Å². The van der Waals surface area contributed by atoms with Crippen molar-refractivity contribution in [2.45, 2.75) is 32.0 Å². The van der Waals surface area contributed by atoms with Crippen molar-refractivity contribution in [2.24, 2.45) is 0 Å². The summed E-state index contributed by atoms with van der Waals surface area (Å²) in [5.74, 6) is 0.541. The molecule has 2 aromatic carbocycles. The van der Waals surface area contributed by atoms with Crippen LogP contribution in [0.1, 0.15) is 24.0 Å². The van der Waals surface area contributed by atoms with Crippen molar-refractivity contribution >= 4 is 0 Å². The van der Waals surface area contributed by atoms with E-state index in [1.807, 2.05) is 24.3 Å². The zero-order chi connectivity index (χ0) is 17.6. The Labute approximate surface area is 148 Å². The van der Waals surface area contributed by atoms with E-state index in [0.717, 1.165) is 37.1 Å². The molecule has 5 heteroatoms. The number of hydrogen-bond donors (Lipinski definition) is 2. The number of hydrogen-bond acceptors (Lipinski definition) is 4. The van der Waals surface area contributed by atoms with Crippen LogP contribution >= 0.6 is 0 Å². The molecular weight excluding hydrogens is 319 g/mol. The van der Waals surface area contributed by atoms with Crippen LogP contribution in [-0.4, -0.2) is 36.2 Å². The van der Waals surface area contributed by atoms with Crippen molar-refractivity contribution < 1.29 is 14.2 Å². The highest BCUT2D eigenvalue weighted by Gasteiger charge is 2.21. The number of methoxy groups -OCH3 is 1. The van der Waals surface area contributed by atoms with Crippen molar-refractivity contribution in [3.05, 3.63) is 59.4 Å². The van der Waals surface area contributed by atoms with Gasteiger partial charge in [-0.25, -0.2) is 4.39 Å². The third-order valence-corrected chi connectivity index (χ3v) is 4.74. The third-order valence-electron chi connectivity index (χ3n) is 4.74. The van der Waals surface area contributed by atoms with Crippen molar-refractivity contribution in [3.63, 3.8) is 0 Å². The number of nitrogens with zero attached hydrogens (tertiary/aromatic N) is 1. The zero-order valence-corrected chi connectivity index (χ0v) is 14.5. The quantitative estimate of drug-likeness (QED) is 0.844. The van der Waals surface area contributed by atoms with Gasteiger partial charge in [-0.1, -0.05) is 30.3 Å². The molecule has 0 spiro atoms. The Kier molecular flexibility index (Phi) is 5.89. The monoisotopic (exact) mass is 344 g/mol. The van der Waals surface area contributed by atoms with Crippen molar-refractivity contribution in [1.29, 1.82) is 0 Å². The summed E-state index contributed by atoms with van der Waals surface area (Å²) in [5.41, 5.74) is 1.57. The Hall–Kier alpha value is -2.11. The molecule has 2 aromatic rings. The molecule has 1 heterocycles. The molecule has 1 aliphatic rings. The molecule has 0 saturated carbocycles. The van der Waals surface area contributed by atoms with Gasteiger partial charge in [-0.05, 0) is 31.5 Å². The minimum absolute atomic E-state index is 0.140. The van der Waals surface area contributed by atoms with E-state index in [1.165, 1.54) is 6.07 Å². The largest absolute Gasteiger partial charge is 0.504 e. The first-order valence-electron chi connectivity index (χ1n) is 8.71. The number of benzene rings is 2. The lowest BCUT2D eigenvalue weighted by molar-refractivity contribution is 0.180. The summed E-state index contributed by atoms with van der Waals surface area (Å²) in [5, 5.41) is 13.7. The normalized spacial score (nSPS) is 18.2. The number of phenols is 1. The molecule has 0 aromatic heterocycles. The van der Waals surface area contributed by atoms with E-state index in [1.54, 1.807) is 19.2 Å². The highest BCUT2D eigenvalue weighted by Crippen LogP contribution is 2.29. The zero-order valence-electron chi connectivity index (χ0n) is 14.5. The second-order valence-electron chi connectivity index (χ2n) is 6.51. The summed E-state index contributed by atoms with van der Waals surface area (Å²) in [6.07, 6.45) is 2.16. The minimum Gasteiger partial charge on any atom is -0.504 e. The molecule has 1 saturated heterocycles. The van der Waals surface area contributed by atoms with Crippen LogP contribution in [0.15, 0.2) is 42.5 Å². The van der Waals surface area contributed by atoms with Gasteiger partial charge in [-0.15, -0.1) is 0 Å². The maximum atomic E-state index is 13.8. The Morgan fingerprint density at radius 1 is 1.20 bits per heavy atom. The number of halogens is 1. The molecule has 0 amide bonds. The average Bonchev–Trinajstić information content (AvgIpc) is 2.63. The molecule has 2 N–H and O–H groups in total. The number of ether oxygens (including phenoxy) is 1. The second kappa shape index (κ2) is 8.32. The summed E-state index contributed by atoms with van der Waals surface area (Å²) in [6, 6.07) is 12.8. The maximum Gasteiger partial charge on any atom is 0.162 e. The van der Waals surface area contributed by atoms with Gasteiger partial charge in [0.15, 0.2) is 11.5 Å². The number of phenolic OH excluding ortho intramolecular Hbond substituents is 1. The smallest absolute Gasteiger partial charge is 0.162 e. The summed E-state index contributed by atoms with van der Waals surface area (Å²) in [6.45, 7) is 3.08. The predicted molar refractivity (Wildman–Crippen MR) is 96.2 cm³/mol. The van der Waals surface area contributed by atoms with Crippen LogP contribution in [0, 0.1) is 5.82 Å². The number of aromatic hydroxyl groups is 1. The fourth-order valence-electron chi connectivity index (χ4n) is 3.36. The predicted octanol–water partition coefficient (Wildman–Crippen LogP) is 3.29. The summed E-state index contributed by atoms with van der Waals surface area (Å²) in [7, 11) is 1.55. The van der Waals surface area contributed by atoms with E-state index in [2.05, 4.69) is 10.2 Å². The molecule has 0 unspecified atom stereocenters. The SMILES string of the molecule is COc1cccc(CN[C@H]2CCCN(Cc3ccccc3F)C2)c1O. The Morgan fingerprint density at radius 2 is 2.00 bits per heavy atom. The number of piperidine rings is 1. The molecule has 4 nitrogen and oxygen atoms in total. The summed E-state index contributed by atoms with van der Waals surface area (Å²) < 4.78 is 19.0. The molecular formula is C20H25FN2O2. The van der Waals surface area contributed by atoms with Crippen LogP contribution < -0.4 is 10.1 Å². The van der Waals surface area contributed by atoms with Crippen molar-refractivity contribution in [2.75, 3.05) is 20.2 Å². The Balaban J connectivity index is 1.56. The van der Waals surface area contributed by atoms with E-state index >= 15 is 0 Å². The fourth-order valence-corrected chi connectivity index (χ4v) is 3.36. The van der Waals surface area contributed by atoms with E-state index in [0.29, 0.717) is 24.9 Å². The van der Waals surface area contributed by atoms with Gasteiger partial charge in [0.25, 0.3) is 0 Å². The van der Waals surface area contributed by atoms with Crippen molar-refractivity contribution in [1.82, 2.24) is 10.2 Å². The van der Waals surface area contributed by atoms with Gasteiger partial charge < -0.3 is 15.2 Å². The van der Waals surface area contributed by atoms with Crippen LogP contribution in [-0.2, 0) is 13.1 Å². The molecule has 134 valence electrons. The fraction of sp³-hybridized carbons (Fsp3) is 0.400. The first-order chi connectivity index (χ1) is 12.2. The molecule has 1 aliphatic heterocycles. The van der Waals surface area contributed by atoms with E-state index in [9.17, 15) is 9.50 Å². The Bertz CT molecular complexity index is 708. The number of rotatable bonds is 6. The van der Waals surface area contributed by atoms with Gasteiger partial charge in [0.1, 0.15) is 5.82 Å². The van der Waals surface area contributed by atoms with E-state index in [-0.39, 0.29) is 11.6 Å². The lowest BCUT2D eigenvalue weighted by atomic mass is 10.0. The van der Waals surface area contributed by atoms with Crippen LogP contribution in [0.3, 0.4) is 0 Å². The van der Waals surface area contributed by atoms with Gasteiger partial charge >= 0.3 is 0 Å². The first-order valence-corrected chi connectivity index (χ1v) is 8.71. The van der Waals surface area contributed by atoms with Gasteiger partial charge in [0, 0.05) is 36.8 Å². The van der Waals surface area contributed by atoms with Gasteiger partial charge in [-0.2, -0.15) is 0 Å². The summed E-state index contributed by atoms with van der Waals surface area (Å²) >= 11 is 0. The van der Waals surface area contributed by atoms with Gasteiger partial charge in [0.05, 0.1) is 7.11 Å². The molecule has 0 radical (unpaired) electrons. The molecule has 0 bridgehead atoms. The van der Waals surface area contributed by atoms with Gasteiger partial charge in [-0.3, -0.25) is 4.90 Å². The van der Waals surface area contributed by atoms with Crippen LogP contribution in [0.25, 0.3) is 0 Å². The second-order valence-corrected chi connectivity index (χ2v) is 6.51. The molecule has 0 aliphatic carbocycles. The van der Waals surface area contributed by atoms with E-state index in [4.69, 9.17) is 4.74 Å². The number of likely N-dealkylation sites (tertiary alicyclic amines) is 1. The first kappa shape index (κ1) is 17.7. The Morgan fingerprint density at radius 3 is 2.80 bits per heavy atom. The van der Waals surface area contributed by atoms with Crippen LogP contribution in [0.5, 0.6) is 11.5 Å².